The van der Waals surface area contributed by atoms with Crippen molar-refractivity contribution >= 4 is 5.97 Å². The molecule has 0 aliphatic heterocycles. The highest BCUT2D eigenvalue weighted by Crippen LogP contribution is 2.33. The molecule has 3 heteroatoms. The van der Waals surface area contributed by atoms with Crippen molar-refractivity contribution in [3.05, 3.63) is 23.0 Å². The maximum atomic E-state index is 11.0. The van der Waals surface area contributed by atoms with Gasteiger partial charge in [0.05, 0.1) is 5.92 Å². The van der Waals surface area contributed by atoms with Gasteiger partial charge in [0.2, 0.25) is 0 Å². The van der Waals surface area contributed by atoms with E-state index >= 15 is 0 Å². The van der Waals surface area contributed by atoms with E-state index in [9.17, 15) is 4.79 Å². The standard InChI is InChI=1S/C11H15NO2/c1-7-6-9-8(11(13)14)4-3-5-10(9)12(7)2/h6,8H,3-5H2,1-2H3,(H,13,14). The smallest absolute Gasteiger partial charge is 0.311 e. The molecule has 0 bridgehead atoms. The highest BCUT2D eigenvalue weighted by atomic mass is 16.4. The van der Waals surface area contributed by atoms with Gasteiger partial charge in [-0.15, -0.1) is 0 Å². The summed E-state index contributed by atoms with van der Waals surface area (Å²) in [6, 6.07) is 2.02. The molecule has 1 unspecified atom stereocenters. The van der Waals surface area contributed by atoms with Crippen LogP contribution in [0.15, 0.2) is 6.07 Å². The fourth-order valence-corrected chi connectivity index (χ4v) is 2.31. The quantitative estimate of drug-likeness (QED) is 0.739. The number of aryl methyl sites for hydroxylation is 1. The van der Waals surface area contributed by atoms with Gasteiger partial charge < -0.3 is 9.67 Å². The monoisotopic (exact) mass is 193 g/mol. The maximum absolute atomic E-state index is 11.0. The van der Waals surface area contributed by atoms with E-state index in [0.29, 0.717) is 0 Å². The number of nitrogens with zero attached hydrogens (tertiary/aromatic N) is 1. The summed E-state index contributed by atoms with van der Waals surface area (Å²) in [7, 11) is 2.01. The van der Waals surface area contributed by atoms with Crippen LogP contribution in [0.5, 0.6) is 0 Å². The molecule has 0 amide bonds. The van der Waals surface area contributed by atoms with Gasteiger partial charge in [-0.2, -0.15) is 0 Å². The minimum Gasteiger partial charge on any atom is -0.481 e. The van der Waals surface area contributed by atoms with Crippen LogP contribution in [0.25, 0.3) is 0 Å². The van der Waals surface area contributed by atoms with Crippen LogP contribution in [0, 0.1) is 6.92 Å². The molecule has 2 rings (SSSR count). The number of aliphatic carboxylic acids is 1. The van der Waals surface area contributed by atoms with Crippen LogP contribution in [0.4, 0.5) is 0 Å². The van der Waals surface area contributed by atoms with Crippen molar-refractivity contribution in [2.45, 2.75) is 32.1 Å². The van der Waals surface area contributed by atoms with Gasteiger partial charge in [-0.3, -0.25) is 4.79 Å². The number of carboxylic acid groups (broad SMARTS) is 1. The van der Waals surface area contributed by atoms with E-state index in [2.05, 4.69) is 4.57 Å². The van der Waals surface area contributed by atoms with E-state index < -0.39 is 5.97 Å². The molecule has 76 valence electrons. The fourth-order valence-electron chi connectivity index (χ4n) is 2.31. The Balaban J connectivity index is 2.50. The second-order valence-corrected chi connectivity index (χ2v) is 4.03. The molecule has 1 atom stereocenters. The molecule has 1 N–H and O–H groups in total. The Hall–Kier alpha value is -1.25. The van der Waals surface area contributed by atoms with Crippen LogP contribution < -0.4 is 0 Å². The lowest BCUT2D eigenvalue weighted by Crippen LogP contribution is -2.18. The summed E-state index contributed by atoms with van der Waals surface area (Å²) >= 11 is 0. The normalized spacial score (nSPS) is 20.6. The zero-order chi connectivity index (χ0) is 10.3. The Morgan fingerprint density at radius 3 is 3.00 bits per heavy atom. The molecule has 0 saturated carbocycles. The van der Waals surface area contributed by atoms with E-state index in [0.717, 1.165) is 30.5 Å². The minimum atomic E-state index is -0.684. The molecule has 1 heterocycles. The fraction of sp³-hybridized carbons (Fsp3) is 0.545. The number of rotatable bonds is 1. The van der Waals surface area contributed by atoms with Crippen LogP contribution in [0.3, 0.4) is 0 Å². The van der Waals surface area contributed by atoms with Crippen molar-refractivity contribution in [1.82, 2.24) is 4.57 Å². The Bertz CT molecular complexity index is 379. The topological polar surface area (TPSA) is 42.2 Å². The summed E-state index contributed by atoms with van der Waals surface area (Å²) in [6.45, 7) is 2.03. The van der Waals surface area contributed by atoms with Crippen molar-refractivity contribution in [2.24, 2.45) is 7.05 Å². The lowest BCUT2D eigenvalue weighted by atomic mass is 9.87. The lowest BCUT2D eigenvalue weighted by Gasteiger charge is -2.19. The van der Waals surface area contributed by atoms with E-state index in [-0.39, 0.29) is 5.92 Å². The van der Waals surface area contributed by atoms with Gasteiger partial charge in [0.25, 0.3) is 0 Å². The van der Waals surface area contributed by atoms with Crippen molar-refractivity contribution in [2.75, 3.05) is 0 Å². The average Bonchev–Trinajstić information content (AvgIpc) is 2.43. The molecule has 1 aromatic rings. The molecular weight excluding hydrogens is 178 g/mol. The van der Waals surface area contributed by atoms with Gasteiger partial charge in [-0.1, -0.05) is 0 Å². The summed E-state index contributed by atoms with van der Waals surface area (Å²) in [5, 5.41) is 9.08. The van der Waals surface area contributed by atoms with E-state index in [4.69, 9.17) is 5.11 Å². The molecule has 14 heavy (non-hydrogen) atoms. The van der Waals surface area contributed by atoms with Gasteiger partial charge in [-0.25, -0.2) is 0 Å². The summed E-state index contributed by atoms with van der Waals surface area (Å²) in [6.07, 6.45) is 2.79. The van der Waals surface area contributed by atoms with Crippen molar-refractivity contribution in [1.29, 1.82) is 0 Å². The predicted molar refractivity (Wildman–Crippen MR) is 53.5 cm³/mol. The zero-order valence-corrected chi connectivity index (χ0v) is 8.58. The molecule has 0 aromatic carbocycles. The van der Waals surface area contributed by atoms with Crippen molar-refractivity contribution < 1.29 is 9.90 Å². The first-order chi connectivity index (χ1) is 6.61. The number of hydrogen-bond acceptors (Lipinski definition) is 1. The molecule has 0 radical (unpaired) electrons. The highest BCUT2D eigenvalue weighted by Gasteiger charge is 2.28. The maximum Gasteiger partial charge on any atom is 0.311 e. The van der Waals surface area contributed by atoms with Gasteiger partial charge >= 0.3 is 5.97 Å². The first kappa shape index (κ1) is 9.31. The van der Waals surface area contributed by atoms with Crippen LogP contribution in [0.2, 0.25) is 0 Å². The Morgan fingerprint density at radius 1 is 1.64 bits per heavy atom. The molecule has 1 aliphatic carbocycles. The van der Waals surface area contributed by atoms with Gasteiger partial charge in [-0.05, 0) is 37.8 Å². The first-order valence-corrected chi connectivity index (χ1v) is 4.99. The van der Waals surface area contributed by atoms with Crippen LogP contribution in [-0.2, 0) is 18.3 Å². The minimum absolute atomic E-state index is 0.279. The summed E-state index contributed by atoms with van der Waals surface area (Å²) in [5.74, 6) is -0.963. The molecule has 3 nitrogen and oxygen atoms in total. The molecular formula is C11H15NO2. The molecule has 1 aromatic heterocycles. The third-order valence-corrected chi connectivity index (χ3v) is 3.21. The largest absolute Gasteiger partial charge is 0.481 e. The summed E-state index contributed by atoms with van der Waals surface area (Å²) in [5.41, 5.74) is 3.40. The number of carbonyl (C=O) groups is 1. The molecule has 0 fully saturated rings. The number of carboxylic acids is 1. The SMILES string of the molecule is Cc1cc2c(n1C)CCCC2C(=O)O. The number of aromatic nitrogens is 1. The van der Waals surface area contributed by atoms with Crippen LogP contribution in [0.1, 0.15) is 35.7 Å². The highest BCUT2D eigenvalue weighted by molar-refractivity contribution is 5.77. The van der Waals surface area contributed by atoms with Crippen LogP contribution >= 0.6 is 0 Å². The Morgan fingerprint density at radius 2 is 2.36 bits per heavy atom. The number of hydrogen-bond donors (Lipinski definition) is 1. The van der Waals surface area contributed by atoms with E-state index in [1.54, 1.807) is 0 Å². The van der Waals surface area contributed by atoms with Crippen molar-refractivity contribution in [3.63, 3.8) is 0 Å². The molecule has 0 spiro atoms. The first-order valence-electron chi connectivity index (χ1n) is 4.99. The second kappa shape index (κ2) is 3.15. The third-order valence-electron chi connectivity index (χ3n) is 3.21. The second-order valence-electron chi connectivity index (χ2n) is 4.03. The lowest BCUT2D eigenvalue weighted by molar-refractivity contribution is -0.139. The zero-order valence-electron chi connectivity index (χ0n) is 8.58. The van der Waals surface area contributed by atoms with Gasteiger partial charge in [0, 0.05) is 18.4 Å². The van der Waals surface area contributed by atoms with Gasteiger partial charge in [0.1, 0.15) is 0 Å². The van der Waals surface area contributed by atoms with E-state index in [1.807, 2.05) is 20.0 Å². The molecule has 1 aliphatic rings. The van der Waals surface area contributed by atoms with Crippen molar-refractivity contribution in [3.8, 4) is 0 Å². The van der Waals surface area contributed by atoms with Crippen LogP contribution in [-0.4, -0.2) is 15.6 Å². The summed E-state index contributed by atoms with van der Waals surface area (Å²) in [4.78, 5) is 11.0. The Kier molecular flexibility index (Phi) is 2.10. The number of fused-ring (bicyclic) bond motifs is 1. The molecule has 0 saturated heterocycles. The average molecular weight is 193 g/mol. The Labute approximate surface area is 83.4 Å². The van der Waals surface area contributed by atoms with E-state index in [1.165, 1.54) is 5.69 Å². The third kappa shape index (κ3) is 1.24. The van der Waals surface area contributed by atoms with Gasteiger partial charge in [0.15, 0.2) is 0 Å². The predicted octanol–water partition coefficient (Wildman–Crippen LogP) is 1.84. The summed E-state index contributed by atoms with van der Waals surface area (Å²) < 4.78 is 2.12.